The molecule has 4 rings (SSSR count). The molecule has 1 amide bonds. The third kappa shape index (κ3) is 2.49. The molecule has 0 aliphatic carbocycles. The van der Waals surface area contributed by atoms with E-state index in [0.29, 0.717) is 23.6 Å². The van der Waals surface area contributed by atoms with Crippen LogP contribution in [-0.4, -0.2) is 43.6 Å². The number of nitrogens with zero attached hydrogens (tertiary/aromatic N) is 1. The van der Waals surface area contributed by atoms with E-state index in [0.717, 1.165) is 11.1 Å². The summed E-state index contributed by atoms with van der Waals surface area (Å²) in [5, 5.41) is 0. The van der Waals surface area contributed by atoms with Crippen molar-refractivity contribution in [2.75, 3.05) is 20.8 Å². The molecule has 134 valence electrons. The van der Waals surface area contributed by atoms with Crippen LogP contribution in [0.2, 0.25) is 0 Å². The van der Waals surface area contributed by atoms with Crippen molar-refractivity contribution in [3.05, 3.63) is 59.2 Å². The summed E-state index contributed by atoms with van der Waals surface area (Å²) < 4.78 is 16.0. The van der Waals surface area contributed by atoms with E-state index in [1.165, 1.54) is 0 Å². The molecule has 1 saturated heterocycles. The maximum absolute atomic E-state index is 13.1. The first kappa shape index (κ1) is 16.4. The van der Waals surface area contributed by atoms with Crippen LogP contribution in [0.4, 0.5) is 0 Å². The number of fused-ring (bicyclic) bond motifs is 3. The van der Waals surface area contributed by atoms with Crippen LogP contribution < -0.4 is 9.47 Å². The first-order valence-corrected chi connectivity index (χ1v) is 8.41. The Morgan fingerprint density at radius 2 is 1.92 bits per heavy atom. The van der Waals surface area contributed by atoms with Crippen LogP contribution in [0.1, 0.15) is 27.4 Å². The number of cyclic esters (lactones) is 1. The Morgan fingerprint density at radius 3 is 2.69 bits per heavy atom. The molecule has 0 saturated carbocycles. The van der Waals surface area contributed by atoms with Gasteiger partial charge in [-0.25, -0.2) is 0 Å². The van der Waals surface area contributed by atoms with Gasteiger partial charge in [0, 0.05) is 17.2 Å². The maximum Gasteiger partial charge on any atom is 0.315 e. The molecular weight excluding hydrogens is 334 g/mol. The third-order valence-corrected chi connectivity index (χ3v) is 5.06. The van der Waals surface area contributed by atoms with Gasteiger partial charge in [-0.3, -0.25) is 9.59 Å². The summed E-state index contributed by atoms with van der Waals surface area (Å²) in [6.45, 7) is 0.542. The van der Waals surface area contributed by atoms with E-state index >= 15 is 0 Å². The lowest BCUT2D eigenvalue weighted by Gasteiger charge is -2.36. The molecule has 2 aliphatic heterocycles. The lowest BCUT2D eigenvalue weighted by atomic mass is 9.84. The molecular formula is C20H19NO5. The maximum atomic E-state index is 13.1. The SMILES string of the molecule is COc1ccc(CN2C(=O)c3ccccc3C3C(=O)OCC32)c(OC)c1. The van der Waals surface area contributed by atoms with Crippen LogP contribution in [0.3, 0.4) is 0 Å². The molecule has 2 aromatic carbocycles. The van der Waals surface area contributed by atoms with Crippen LogP contribution in [0.5, 0.6) is 11.5 Å². The zero-order chi connectivity index (χ0) is 18.3. The first-order chi connectivity index (χ1) is 12.6. The first-order valence-electron chi connectivity index (χ1n) is 8.41. The van der Waals surface area contributed by atoms with Crippen LogP contribution in [-0.2, 0) is 16.1 Å². The molecule has 6 heteroatoms. The topological polar surface area (TPSA) is 65.1 Å². The average Bonchev–Trinajstić information content (AvgIpc) is 3.06. The fraction of sp³-hybridized carbons (Fsp3) is 0.300. The highest BCUT2D eigenvalue weighted by Gasteiger charge is 2.48. The Kier molecular flexibility index (Phi) is 4.03. The van der Waals surface area contributed by atoms with Crippen molar-refractivity contribution in [2.24, 2.45) is 0 Å². The van der Waals surface area contributed by atoms with Crippen LogP contribution in [0.15, 0.2) is 42.5 Å². The number of ether oxygens (including phenoxy) is 3. The van der Waals surface area contributed by atoms with Gasteiger partial charge in [0.05, 0.1) is 26.8 Å². The standard InChI is InChI=1S/C20H19NO5/c1-24-13-8-7-12(17(9-13)25-2)10-21-16-11-26-20(23)18(16)14-5-3-4-6-15(14)19(21)22/h3-9,16,18H,10-11H2,1-2H3. The highest BCUT2D eigenvalue weighted by molar-refractivity contribution is 6.01. The minimum Gasteiger partial charge on any atom is -0.497 e. The van der Waals surface area contributed by atoms with Crippen LogP contribution >= 0.6 is 0 Å². The lowest BCUT2D eigenvalue weighted by molar-refractivity contribution is -0.139. The Morgan fingerprint density at radius 1 is 1.12 bits per heavy atom. The quantitative estimate of drug-likeness (QED) is 0.790. The van der Waals surface area contributed by atoms with Gasteiger partial charge in [-0.15, -0.1) is 0 Å². The van der Waals surface area contributed by atoms with Gasteiger partial charge < -0.3 is 19.1 Å². The summed E-state index contributed by atoms with van der Waals surface area (Å²) in [6, 6.07) is 12.4. The van der Waals surface area contributed by atoms with E-state index in [-0.39, 0.29) is 24.5 Å². The number of benzene rings is 2. The van der Waals surface area contributed by atoms with Crippen LogP contribution in [0.25, 0.3) is 0 Å². The number of carbonyl (C=O) groups is 2. The molecule has 6 nitrogen and oxygen atoms in total. The second kappa shape index (κ2) is 6.37. The average molecular weight is 353 g/mol. The second-order valence-electron chi connectivity index (χ2n) is 6.37. The highest BCUT2D eigenvalue weighted by atomic mass is 16.5. The van der Waals surface area contributed by atoms with Crippen molar-refractivity contribution in [3.8, 4) is 11.5 Å². The fourth-order valence-corrected chi connectivity index (χ4v) is 3.74. The minimum absolute atomic E-state index is 0.0991. The number of carbonyl (C=O) groups excluding carboxylic acids is 2. The summed E-state index contributed by atoms with van der Waals surface area (Å²) >= 11 is 0. The molecule has 0 spiro atoms. The monoisotopic (exact) mass is 353 g/mol. The van der Waals surface area contributed by atoms with Gasteiger partial charge in [-0.1, -0.05) is 18.2 Å². The predicted molar refractivity (Wildman–Crippen MR) is 93.3 cm³/mol. The van der Waals surface area contributed by atoms with Gasteiger partial charge in [0.15, 0.2) is 0 Å². The number of methoxy groups -OCH3 is 2. The summed E-state index contributed by atoms with van der Waals surface area (Å²) in [6.07, 6.45) is 0. The summed E-state index contributed by atoms with van der Waals surface area (Å²) in [5.74, 6) is 0.504. The van der Waals surface area contributed by atoms with Crippen molar-refractivity contribution in [2.45, 2.75) is 18.5 Å². The predicted octanol–water partition coefficient (Wildman–Crippen LogP) is 2.37. The van der Waals surface area contributed by atoms with Gasteiger partial charge in [0.1, 0.15) is 24.0 Å². The molecule has 2 aliphatic rings. The summed E-state index contributed by atoms with van der Waals surface area (Å²) in [5.41, 5.74) is 2.15. The van der Waals surface area contributed by atoms with Crippen molar-refractivity contribution in [3.63, 3.8) is 0 Å². The number of hydrogen-bond acceptors (Lipinski definition) is 5. The Bertz CT molecular complexity index is 878. The number of amides is 1. The highest BCUT2D eigenvalue weighted by Crippen LogP contribution is 2.39. The molecule has 0 bridgehead atoms. The summed E-state index contributed by atoms with van der Waals surface area (Å²) in [7, 11) is 3.17. The molecule has 0 radical (unpaired) electrons. The van der Waals surface area contributed by atoms with E-state index in [1.807, 2.05) is 30.3 Å². The molecule has 26 heavy (non-hydrogen) atoms. The molecule has 2 atom stereocenters. The lowest BCUT2D eigenvalue weighted by Crippen LogP contribution is -2.47. The van der Waals surface area contributed by atoms with Crippen molar-refractivity contribution >= 4 is 11.9 Å². The third-order valence-electron chi connectivity index (χ3n) is 5.06. The molecule has 2 unspecified atom stereocenters. The zero-order valence-electron chi connectivity index (χ0n) is 14.6. The van der Waals surface area contributed by atoms with Gasteiger partial charge in [0.2, 0.25) is 0 Å². The Hall–Kier alpha value is -3.02. The van der Waals surface area contributed by atoms with Gasteiger partial charge >= 0.3 is 5.97 Å². The number of rotatable bonds is 4. The smallest absolute Gasteiger partial charge is 0.315 e. The molecule has 0 N–H and O–H groups in total. The molecule has 1 fully saturated rings. The minimum atomic E-state index is -0.437. The van der Waals surface area contributed by atoms with E-state index in [2.05, 4.69) is 0 Å². The van der Waals surface area contributed by atoms with Gasteiger partial charge in [-0.2, -0.15) is 0 Å². The van der Waals surface area contributed by atoms with Gasteiger partial charge in [0.25, 0.3) is 5.91 Å². The summed E-state index contributed by atoms with van der Waals surface area (Å²) in [4.78, 5) is 27.1. The van der Waals surface area contributed by atoms with E-state index < -0.39 is 5.92 Å². The largest absolute Gasteiger partial charge is 0.497 e. The number of esters is 1. The van der Waals surface area contributed by atoms with E-state index in [9.17, 15) is 9.59 Å². The van der Waals surface area contributed by atoms with Crippen molar-refractivity contribution in [1.82, 2.24) is 4.90 Å². The second-order valence-corrected chi connectivity index (χ2v) is 6.37. The van der Waals surface area contributed by atoms with Gasteiger partial charge in [-0.05, 0) is 23.8 Å². The number of hydrogen-bond donors (Lipinski definition) is 0. The molecule has 0 aromatic heterocycles. The van der Waals surface area contributed by atoms with E-state index in [4.69, 9.17) is 14.2 Å². The molecule has 2 heterocycles. The normalized spacial score (nSPS) is 21.1. The van der Waals surface area contributed by atoms with Crippen LogP contribution in [0, 0.1) is 0 Å². The zero-order valence-corrected chi connectivity index (χ0v) is 14.6. The van der Waals surface area contributed by atoms with Crippen molar-refractivity contribution in [1.29, 1.82) is 0 Å². The fourth-order valence-electron chi connectivity index (χ4n) is 3.74. The Balaban J connectivity index is 1.73. The van der Waals surface area contributed by atoms with E-state index in [1.54, 1.807) is 31.3 Å². The van der Waals surface area contributed by atoms with Crippen molar-refractivity contribution < 1.29 is 23.8 Å². The Labute approximate surface area is 151 Å². The molecule has 2 aromatic rings.